The van der Waals surface area contributed by atoms with Crippen LogP contribution in [0, 0.1) is 0 Å². The third-order valence-electron chi connectivity index (χ3n) is 4.19. The number of thiazole rings is 1. The number of hydrogen-bond acceptors (Lipinski definition) is 4. The lowest BCUT2D eigenvalue weighted by Gasteiger charge is -2.04. The van der Waals surface area contributed by atoms with Crippen molar-refractivity contribution in [2.75, 3.05) is 0 Å². The van der Waals surface area contributed by atoms with Gasteiger partial charge in [-0.25, -0.2) is 0 Å². The minimum absolute atomic E-state index is 0.148. The van der Waals surface area contributed by atoms with Crippen LogP contribution in [-0.4, -0.2) is 14.6 Å². The van der Waals surface area contributed by atoms with E-state index in [1.165, 1.54) is 21.4 Å². The van der Waals surface area contributed by atoms with E-state index in [4.69, 9.17) is 11.6 Å². The number of halogens is 1. The molecule has 0 spiro atoms. The van der Waals surface area contributed by atoms with Gasteiger partial charge in [-0.05, 0) is 47.4 Å². The summed E-state index contributed by atoms with van der Waals surface area (Å²) in [5.74, 6) is 1.01. The maximum absolute atomic E-state index is 12.6. The predicted octanol–water partition coefficient (Wildman–Crippen LogP) is 4.14. The van der Waals surface area contributed by atoms with Crippen molar-refractivity contribution < 1.29 is 0 Å². The SMILES string of the molecule is CC(C)c1ccc(C=c2sc3nc(-c4ccc(Cl)cc4)nn3c2=O)cc1. The van der Waals surface area contributed by atoms with E-state index in [2.05, 4.69) is 36.1 Å². The Kier molecular flexibility index (Phi) is 4.34. The maximum Gasteiger partial charge on any atom is 0.291 e. The molecule has 26 heavy (non-hydrogen) atoms. The second-order valence-electron chi connectivity index (χ2n) is 6.37. The molecule has 0 aliphatic rings. The summed E-state index contributed by atoms with van der Waals surface area (Å²) in [6.07, 6.45) is 1.88. The molecule has 0 aliphatic carbocycles. The fourth-order valence-corrected chi connectivity index (χ4v) is 3.72. The third kappa shape index (κ3) is 3.16. The van der Waals surface area contributed by atoms with Gasteiger partial charge in [0.25, 0.3) is 5.56 Å². The van der Waals surface area contributed by atoms with Crippen molar-refractivity contribution in [2.45, 2.75) is 19.8 Å². The van der Waals surface area contributed by atoms with E-state index in [0.29, 0.717) is 26.3 Å². The molecule has 6 heteroatoms. The zero-order valence-electron chi connectivity index (χ0n) is 14.3. The van der Waals surface area contributed by atoms with Crippen molar-refractivity contribution in [1.82, 2.24) is 14.6 Å². The number of aromatic nitrogens is 3. The molecule has 2 aromatic heterocycles. The molecule has 0 unspecified atom stereocenters. The summed E-state index contributed by atoms with van der Waals surface area (Å²) < 4.78 is 1.99. The second kappa shape index (κ2) is 6.67. The fraction of sp³-hybridized carbons (Fsp3) is 0.150. The predicted molar refractivity (Wildman–Crippen MR) is 107 cm³/mol. The van der Waals surface area contributed by atoms with Crippen LogP contribution in [0.5, 0.6) is 0 Å². The molecule has 4 rings (SSSR count). The monoisotopic (exact) mass is 381 g/mol. The summed E-state index contributed by atoms with van der Waals surface area (Å²) in [6.45, 7) is 4.32. The van der Waals surface area contributed by atoms with Gasteiger partial charge in [0.2, 0.25) is 4.96 Å². The van der Waals surface area contributed by atoms with Crippen LogP contribution in [0.4, 0.5) is 0 Å². The van der Waals surface area contributed by atoms with Gasteiger partial charge in [0.05, 0.1) is 4.53 Å². The maximum atomic E-state index is 12.6. The van der Waals surface area contributed by atoms with Gasteiger partial charge in [0, 0.05) is 10.6 Å². The average molecular weight is 382 g/mol. The number of rotatable bonds is 3. The molecule has 130 valence electrons. The molecule has 0 aliphatic heterocycles. The van der Waals surface area contributed by atoms with E-state index in [9.17, 15) is 4.79 Å². The van der Waals surface area contributed by atoms with Crippen LogP contribution in [0.25, 0.3) is 22.4 Å². The molecule has 2 heterocycles. The standard InChI is InChI=1S/C20H16ClN3OS/c1-12(2)14-5-3-13(4-6-14)11-17-19(25)24-20(26-17)22-18(23-24)15-7-9-16(21)10-8-15/h3-12H,1-2H3. The molecule has 0 amide bonds. The highest BCUT2D eigenvalue weighted by Gasteiger charge is 2.12. The Morgan fingerprint density at radius 2 is 1.77 bits per heavy atom. The van der Waals surface area contributed by atoms with Gasteiger partial charge >= 0.3 is 0 Å². The average Bonchev–Trinajstić information content (AvgIpc) is 3.16. The molecule has 0 atom stereocenters. The van der Waals surface area contributed by atoms with E-state index >= 15 is 0 Å². The Labute approximate surface area is 159 Å². The number of hydrogen-bond donors (Lipinski definition) is 0. The largest absolute Gasteiger partial charge is 0.291 e. The summed E-state index contributed by atoms with van der Waals surface area (Å²) in [5, 5.41) is 5.00. The van der Waals surface area contributed by atoms with Gasteiger partial charge in [-0.15, -0.1) is 5.10 Å². The third-order valence-corrected chi connectivity index (χ3v) is 5.40. The molecule has 0 saturated carbocycles. The molecule has 0 bridgehead atoms. The first kappa shape index (κ1) is 16.9. The van der Waals surface area contributed by atoms with E-state index < -0.39 is 0 Å². The highest BCUT2D eigenvalue weighted by molar-refractivity contribution is 7.15. The van der Waals surface area contributed by atoms with Crippen molar-refractivity contribution in [2.24, 2.45) is 0 Å². The van der Waals surface area contributed by atoms with E-state index in [1.807, 2.05) is 30.3 Å². The number of benzene rings is 2. The van der Waals surface area contributed by atoms with Gasteiger partial charge in [0.1, 0.15) is 0 Å². The first-order chi connectivity index (χ1) is 12.5. The smallest absolute Gasteiger partial charge is 0.266 e. The van der Waals surface area contributed by atoms with Crippen molar-refractivity contribution in [3.63, 3.8) is 0 Å². The molecule has 2 aromatic carbocycles. The van der Waals surface area contributed by atoms with Crippen LogP contribution in [0.15, 0.2) is 53.3 Å². The van der Waals surface area contributed by atoms with Crippen LogP contribution in [0.3, 0.4) is 0 Å². The second-order valence-corrected chi connectivity index (χ2v) is 7.82. The zero-order chi connectivity index (χ0) is 18.3. The molecule has 0 saturated heterocycles. The summed E-state index contributed by atoms with van der Waals surface area (Å²) >= 11 is 7.25. The van der Waals surface area contributed by atoms with Crippen LogP contribution < -0.4 is 10.1 Å². The highest BCUT2D eigenvalue weighted by Crippen LogP contribution is 2.19. The fourth-order valence-electron chi connectivity index (χ4n) is 2.68. The molecule has 4 nitrogen and oxygen atoms in total. The van der Waals surface area contributed by atoms with Crippen molar-refractivity contribution >= 4 is 34.0 Å². The van der Waals surface area contributed by atoms with E-state index in [1.54, 1.807) is 12.1 Å². The minimum atomic E-state index is -0.148. The lowest BCUT2D eigenvalue weighted by Crippen LogP contribution is -2.23. The molecular formula is C20H16ClN3OS. The Hall–Kier alpha value is -2.50. The molecule has 0 radical (unpaired) electrons. The van der Waals surface area contributed by atoms with Crippen LogP contribution in [-0.2, 0) is 0 Å². The van der Waals surface area contributed by atoms with Gasteiger partial charge in [-0.2, -0.15) is 9.50 Å². The summed E-state index contributed by atoms with van der Waals surface area (Å²) in [4.78, 5) is 17.7. The first-order valence-electron chi connectivity index (χ1n) is 8.28. The Morgan fingerprint density at radius 1 is 1.08 bits per heavy atom. The topological polar surface area (TPSA) is 47.3 Å². The molecule has 0 N–H and O–H groups in total. The van der Waals surface area contributed by atoms with Crippen molar-refractivity contribution in [3.05, 3.63) is 79.6 Å². The van der Waals surface area contributed by atoms with Crippen LogP contribution in [0.1, 0.15) is 30.9 Å². The van der Waals surface area contributed by atoms with Gasteiger partial charge in [-0.1, -0.05) is 61.1 Å². The number of nitrogens with zero attached hydrogens (tertiary/aromatic N) is 3. The highest BCUT2D eigenvalue weighted by atomic mass is 35.5. The van der Waals surface area contributed by atoms with Crippen LogP contribution in [0.2, 0.25) is 5.02 Å². The summed E-state index contributed by atoms with van der Waals surface area (Å²) in [7, 11) is 0. The Balaban J connectivity index is 1.73. The van der Waals surface area contributed by atoms with Crippen molar-refractivity contribution in [3.8, 4) is 11.4 Å². The van der Waals surface area contributed by atoms with Crippen molar-refractivity contribution in [1.29, 1.82) is 0 Å². The Morgan fingerprint density at radius 3 is 2.38 bits per heavy atom. The summed E-state index contributed by atoms with van der Waals surface area (Å²) in [5.41, 5.74) is 2.96. The minimum Gasteiger partial charge on any atom is -0.266 e. The number of fused-ring (bicyclic) bond motifs is 1. The van der Waals surface area contributed by atoms with E-state index in [-0.39, 0.29) is 5.56 Å². The molecule has 0 fully saturated rings. The first-order valence-corrected chi connectivity index (χ1v) is 9.48. The Bertz CT molecular complexity index is 1170. The van der Waals surface area contributed by atoms with E-state index in [0.717, 1.165) is 11.1 Å². The molecule has 4 aromatic rings. The quantitative estimate of drug-likeness (QED) is 0.535. The lowest BCUT2D eigenvalue weighted by molar-refractivity contribution is 0.866. The van der Waals surface area contributed by atoms with Gasteiger partial charge < -0.3 is 0 Å². The van der Waals surface area contributed by atoms with Gasteiger partial charge in [-0.3, -0.25) is 4.79 Å². The zero-order valence-corrected chi connectivity index (χ0v) is 15.9. The summed E-state index contributed by atoms with van der Waals surface area (Å²) in [6, 6.07) is 15.5. The normalized spacial score (nSPS) is 12.4. The molecular weight excluding hydrogens is 366 g/mol. The van der Waals surface area contributed by atoms with Crippen LogP contribution >= 0.6 is 22.9 Å². The lowest BCUT2D eigenvalue weighted by atomic mass is 10.0. The van der Waals surface area contributed by atoms with Gasteiger partial charge in [0.15, 0.2) is 5.82 Å².